The van der Waals surface area contributed by atoms with E-state index in [0.717, 1.165) is 33.6 Å². The monoisotopic (exact) mass is 463 g/mol. The Morgan fingerprint density at radius 2 is 1.46 bits per heavy atom. The minimum absolute atomic E-state index is 0.355. The molecule has 4 heteroatoms. The van der Waals surface area contributed by atoms with Gasteiger partial charge in [-0.2, -0.15) is 0 Å². The molecule has 0 radical (unpaired) electrons. The number of aryl methyl sites for hydroxylation is 3. The molecule has 0 aromatic heterocycles. The number of carbonyl (C=O) groups excluding carboxylic acids is 1. The van der Waals surface area contributed by atoms with Gasteiger partial charge in [-0.25, -0.2) is 4.79 Å². The van der Waals surface area contributed by atoms with Crippen molar-refractivity contribution in [1.82, 2.24) is 0 Å². The van der Waals surface area contributed by atoms with E-state index in [4.69, 9.17) is 9.47 Å². The number of hydrogen-bond acceptors (Lipinski definition) is 4. The van der Waals surface area contributed by atoms with E-state index in [2.05, 4.69) is 36.1 Å². The molecule has 0 N–H and O–H groups in total. The first-order valence-electron chi connectivity index (χ1n) is 11.8. The third-order valence-electron chi connectivity index (χ3n) is 6.82. The van der Waals surface area contributed by atoms with Crippen LogP contribution in [0.5, 0.6) is 11.5 Å². The Hall–Kier alpha value is -4.05. The highest BCUT2D eigenvalue weighted by molar-refractivity contribution is 5.91. The van der Waals surface area contributed by atoms with E-state index < -0.39 is 5.60 Å². The third kappa shape index (κ3) is 4.06. The van der Waals surface area contributed by atoms with Gasteiger partial charge in [0, 0.05) is 35.6 Å². The quantitative estimate of drug-likeness (QED) is 0.292. The van der Waals surface area contributed by atoms with Crippen molar-refractivity contribution in [3.05, 3.63) is 118 Å². The first-order valence-corrected chi connectivity index (χ1v) is 11.8. The van der Waals surface area contributed by atoms with Crippen LogP contribution in [0.4, 0.5) is 11.4 Å². The van der Waals surface area contributed by atoms with E-state index in [1.165, 1.54) is 5.56 Å². The number of hydrogen-bond donors (Lipinski definition) is 0. The summed E-state index contributed by atoms with van der Waals surface area (Å²) in [4.78, 5) is 15.5. The molecule has 4 aromatic carbocycles. The van der Waals surface area contributed by atoms with Crippen LogP contribution < -0.4 is 9.64 Å². The molecular weight excluding hydrogens is 434 g/mol. The maximum absolute atomic E-state index is 13.4. The standard InChI is InChI=1S/C31H29NO3/c1-20-10-13-23(14-11-20)32(5)24-15-16-26-29(19-24)34-28-17-12-21(2)18-27(28)31(26,4)35-30(33)25-9-7-6-8-22(25)3/h6-19H,1-5H3. The van der Waals surface area contributed by atoms with Gasteiger partial charge in [0.05, 0.1) is 5.56 Å². The molecule has 0 amide bonds. The molecule has 1 atom stereocenters. The number of carbonyl (C=O) groups is 1. The van der Waals surface area contributed by atoms with E-state index in [1.807, 2.05) is 82.4 Å². The molecule has 35 heavy (non-hydrogen) atoms. The second-order valence-electron chi connectivity index (χ2n) is 9.41. The molecule has 176 valence electrons. The number of benzene rings is 4. The Kier molecular flexibility index (Phi) is 5.60. The molecule has 0 fully saturated rings. The zero-order valence-electron chi connectivity index (χ0n) is 20.8. The fourth-order valence-electron chi connectivity index (χ4n) is 4.64. The van der Waals surface area contributed by atoms with Crippen molar-refractivity contribution in [2.24, 2.45) is 0 Å². The predicted molar refractivity (Wildman–Crippen MR) is 140 cm³/mol. The summed E-state index contributed by atoms with van der Waals surface area (Å²) in [6, 6.07) is 28.0. The van der Waals surface area contributed by atoms with Gasteiger partial charge in [-0.3, -0.25) is 0 Å². The van der Waals surface area contributed by atoms with Crippen LogP contribution in [-0.4, -0.2) is 13.0 Å². The fraction of sp³-hybridized carbons (Fsp3) is 0.194. The number of rotatable bonds is 4. The predicted octanol–water partition coefficient (Wildman–Crippen LogP) is 7.61. The van der Waals surface area contributed by atoms with Gasteiger partial charge in [0.1, 0.15) is 11.5 Å². The maximum Gasteiger partial charge on any atom is 0.339 e. The van der Waals surface area contributed by atoms with Crippen molar-refractivity contribution < 1.29 is 14.3 Å². The summed E-state index contributed by atoms with van der Waals surface area (Å²) < 4.78 is 12.7. The average molecular weight is 464 g/mol. The van der Waals surface area contributed by atoms with Gasteiger partial charge in [-0.1, -0.05) is 47.5 Å². The number of esters is 1. The smallest absolute Gasteiger partial charge is 0.339 e. The average Bonchev–Trinajstić information content (AvgIpc) is 2.85. The molecule has 1 aliphatic rings. The van der Waals surface area contributed by atoms with Crippen molar-refractivity contribution >= 4 is 17.3 Å². The molecular formula is C31H29NO3. The van der Waals surface area contributed by atoms with E-state index in [1.54, 1.807) is 6.07 Å². The van der Waals surface area contributed by atoms with Gasteiger partial charge in [0.2, 0.25) is 0 Å². The SMILES string of the molecule is Cc1ccc(N(C)c2ccc3c(c2)Oc2ccc(C)cc2C3(C)OC(=O)c2ccccc2C)cc1. The molecule has 0 bridgehead atoms. The Morgan fingerprint density at radius 1 is 0.771 bits per heavy atom. The van der Waals surface area contributed by atoms with Crippen molar-refractivity contribution in [3.8, 4) is 11.5 Å². The fourth-order valence-corrected chi connectivity index (χ4v) is 4.64. The van der Waals surface area contributed by atoms with E-state index in [-0.39, 0.29) is 5.97 Å². The normalized spacial score (nSPS) is 16.0. The van der Waals surface area contributed by atoms with Gasteiger partial charge in [0.25, 0.3) is 0 Å². The lowest BCUT2D eigenvalue weighted by atomic mass is 9.83. The van der Waals surface area contributed by atoms with Crippen molar-refractivity contribution in [1.29, 1.82) is 0 Å². The number of fused-ring (bicyclic) bond motifs is 2. The van der Waals surface area contributed by atoms with Crippen molar-refractivity contribution in [3.63, 3.8) is 0 Å². The lowest BCUT2D eigenvalue weighted by Crippen LogP contribution is -2.34. The zero-order chi connectivity index (χ0) is 24.7. The minimum Gasteiger partial charge on any atom is -0.456 e. The lowest BCUT2D eigenvalue weighted by Gasteiger charge is -2.37. The van der Waals surface area contributed by atoms with Crippen molar-refractivity contribution in [2.75, 3.05) is 11.9 Å². The molecule has 0 saturated heterocycles. The summed E-state index contributed by atoms with van der Waals surface area (Å²) in [6.45, 7) is 7.97. The van der Waals surface area contributed by atoms with Crippen LogP contribution in [0.1, 0.15) is 45.1 Å². The van der Waals surface area contributed by atoms with Gasteiger partial charge >= 0.3 is 5.97 Å². The molecule has 0 spiro atoms. The van der Waals surface area contributed by atoms with Crippen LogP contribution in [0.25, 0.3) is 0 Å². The minimum atomic E-state index is -1.00. The van der Waals surface area contributed by atoms with Crippen LogP contribution in [0.2, 0.25) is 0 Å². The summed E-state index contributed by atoms with van der Waals surface area (Å²) in [5.74, 6) is 1.02. The summed E-state index contributed by atoms with van der Waals surface area (Å²) in [5.41, 5.74) is 6.45. The van der Waals surface area contributed by atoms with Gasteiger partial charge in [-0.05, 0) is 75.7 Å². The molecule has 1 unspecified atom stereocenters. The van der Waals surface area contributed by atoms with Gasteiger partial charge in [0.15, 0.2) is 5.60 Å². The first-order chi connectivity index (χ1) is 16.8. The van der Waals surface area contributed by atoms with Gasteiger partial charge < -0.3 is 14.4 Å². The highest BCUT2D eigenvalue weighted by atomic mass is 16.6. The Morgan fingerprint density at radius 3 is 2.20 bits per heavy atom. The topological polar surface area (TPSA) is 38.8 Å². The summed E-state index contributed by atoms with van der Waals surface area (Å²) in [5, 5.41) is 0. The largest absolute Gasteiger partial charge is 0.456 e. The zero-order valence-corrected chi connectivity index (χ0v) is 20.8. The lowest BCUT2D eigenvalue weighted by molar-refractivity contribution is 0.00273. The summed E-state index contributed by atoms with van der Waals surface area (Å²) in [6.07, 6.45) is 0. The Labute approximate surface area is 206 Å². The van der Waals surface area contributed by atoms with Crippen LogP contribution in [0, 0.1) is 20.8 Å². The van der Waals surface area contributed by atoms with Crippen LogP contribution in [0.3, 0.4) is 0 Å². The Bertz CT molecular complexity index is 1420. The number of anilines is 2. The molecule has 5 rings (SSSR count). The molecule has 0 saturated carbocycles. The molecule has 1 heterocycles. The summed E-state index contributed by atoms with van der Waals surface area (Å²) in [7, 11) is 2.03. The van der Waals surface area contributed by atoms with Gasteiger partial charge in [-0.15, -0.1) is 0 Å². The maximum atomic E-state index is 13.4. The van der Waals surface area contributed by atoms with Crippen molar-refractivity contribution in [2.45, 2.75) is 33.3 Å². The van der Waals surface area contributed by atoms with Crippen LogP contribution in [0.15, 0.2) is 84.9 Å². The van der Waals surface area contributed by atoms with E-state index in [0.29, 0.717) is 17.1 Å². The van der Waals surface area contributed by atoms with Crippen LogP contribution in [-0.2, 0) is 10.3 Å². The second-order valence-corrected chi connectivity index (χ2v) is 9.41. The van der Waals surface area contributed by atoms with E-state index in [9.17, 15) is 4.79 Å². The Balaban J connectivity index is 1.59. The number of nitrogens with zero attached hydrogens (tertiary/aromatic N) is 1. The molecule has 4 aromatic rings. The third-order valence-corrected chi connectivity index (χ3v) is 6.82. The highest BCUT2D eigenvalue weighted by Gasteiger charge is 2.42. The molecule has 4 nitrogen and oxygen atoms in total. The second kappa shape index (κ2) is 8.62. The summed E-state index contributed by atoms with van der Waals surface area (Å²) >= 11 is 0. The van der Waals surface area contributed by atoms with E-state index >= 15 is 0 Å². The highest BCUT2D eigenvalue weighted by Crippen LogP contribution is 2.50. The molecule has 0 aliphatic carbocycles. The van der Waals surface area contributed by atoms with Crippen LogP contribution >= 0.6 is 0 Å². The first kappa shape index (κ1) is 22.7. The molecule has 1 aliphatic heterocycles. The number of ether oxygens (including phenoxy) is 2.